The molecule has 2 aromatic carbocycles. The molecule has 8 heteroatoms. The molecule has 7 nitrogen and oxygen atoms in total. The average Bonchev–Trinajstić information content (AvgIpc) is 2.68. The predicted octanol–water partition coefficient (Wildman–Crippen LogP) is 5.14. The molecule has 0 atom stereocenters. The number of aromatic nitrogens is 3. The van der Waals surface area contributed by atoms with Crippen LogP contribution < -0.4 is 5.32 Å². The van der Waals surface area contributed by atoms with Gasteiger partial charge in [-0.1, -0.05) is 36.0 Å². The van der Waals surface area contributed by atoms with E-state index in [-0.39, 0.29) is 16.5 Å². The van der Waals surface area contributed by atoms with Crippen molar-refractivity contribution in [3.63, 3.8) is 0 Å². The maximum atomic E-state index is 11.8. The number of aryl methyl sites for hydroxylation is 1. The largest absolute Gasteiger partial charge is 0.343 e. The van der Waals surface area contributed by atoms with Gasteiger partial charge in [0.25, 0.3) is 0 Å². The van der Waals surface area contributed by atoms with Crippen LogP contribution in [-0.4, -0.2) is 19.9 Å². The van der Waals surface area contributed by atoms with E-state index in [0.29, 0.717) is 5.69 Å². The van der Waals surface area contributed by atoms with E-state index in [1.165, 1.54) is 18.1 Å². The van der Waals surface area contributed by atoms with Crippen molar-refractivity contribution < 1.29 is 4.92 Å². The smallest absolute Gasteiger partial charge is 0.334 e. The molecular weight excluding hydrogens is 374 g/mol. The Morgan fingerprint density at radius 1 is 1.00 bits per heavy atom. The van der Waals surface area contributed by atoms with E-state index in [4.69, 9.17) is 0 Å². The monoisotopic (exact) mass is 389 g/mol. The SMILES string of the molecule is Cc1ccc2c(Nc3ncnc(Sc4ccccc4)c3[N+](=O)[O-])cccc2n1. The average molecular weight is 389 g/mol. The van der Waals surface area contributed by atoms with Crippen molar-refractivity contribution in [2.75, 3.05) is 5.32 Å². The van der Waals surface area contributed by atoms with Crippen molar-refractivity contribution in [2.24, 2.45) is 0 Å². The van der Waals surface area contributed by atoms with Gasteiger partial charge in [0.05, 0.1) is 10.4 Å². The molecule has 0 saturated heterocycles. The molecule has 0 aliphatic carbocycles. The second-order valence-electron chi connectivity index (χ2n) is 6.00. The van der Waals surface area contributed by atoms with Gasteiger partial charge in [-0.25, -0.2) is 9.97 Å². The fourth-order valence-corrected chi connectivity index (χ4v) is 3.67. The summed E-state index contributed by atoms with van der Waals surface area (Å²) in [5, 5.41) is 16.0. The van der Waals surface area contributed by atoms with Gasteiger partial charge in [-0.3, -0.25) is 15.1 Å². The highest BCUT2D eigenvalue weighted by Gasteiger charge is 2.24. The summed E-state index contributed by atoms with van der Waals surface area (Å²) in [5.74, 6) is 0.145. The molecule has 0 radical (unpaired) electrons. The lowest BCUT2D eigenvalue weighted by atomic mass is 10.1. The zero-order valence-electron chi connectivity index (χ0n) is 14.9. The molecule has 0 unspecified atom stereocenters. The number of pyridine rings is 1. The van der Waals surface area contributed by atoms with Gasteiger partial charge in [-0.2, -0.15) is 0 Å². The molecule has 0 bridgehead atoms. The van der Waals surface area contributed by atoms with Crippen LogP contribution in [-0.2, 0) is 0 Å². The molecule has 0 amide bonds. The van der Waals surface area contributed by atoms with E-state index in [9.17, 15) is 10.1 Å². The van der Waals surface area contributed by atoms with Crippen LogP contribution in [0, 0.1) is 17.0 Å². The molecule has 4 aromatic rings. The summed E-state index contributed by atoms with van der Waals surface area (Å²) >= 11 is 1.23. The third-order valence-electron chi connectivity index (χ3n) is 4.05. The number of hydrogen-bond donors (Lipinski definition) is 1. The van der Waals surface area contributed by atoms with Crippen molar-refractivity contribution in [2.45, 2.75) is 16.8 Å². The number of benzene rings is 2. The highest BCUT2D eigenvalue weighted by atomic mass is 32.2. The van der Waals surface area contributed by atoms with E-state index in [1.807, 2.05) is 67.6 Å². The Kier molecular flexibility index (Phi) is 4.86. The second kappa shape index (κ2) is 7.61. The van der Waals surface area contributed by atoms with Gasteiger partial charge < -0.3 is 5.32 Å². The Morgan fingerprint density at radius 2 is 1.82 bits per heavy atom. The van der Waals surface area contributed by atoms with Crippen LogP contribution in [0.3, 0.4) is 0 Å². The van der Waals surface area contributed by atoms with E-state index >= 15 is 0 Å². The maximum Gasteiger partial charge on any atom is 0.343 e. The fourth-order valence-electron chi connectivity index (χ4n) is 2.79. The van der Waals surface area contributed by atoms with E-state index in [2.05, 4.69) is 20.3 Å². The molecule has 2 aromatic heterocycles. The summed E-state index contributed by atoms with van der Waals surface area (Å²) in [6, 6.07) is 18.8. The molecule has 0 fully saturated rings. The van der Waals surface area contributed by atoms with Crippen molar-refractivity contribution in [1.29, 1.82) is 0 Å². The van der Waals surface area contributed by atoms with Crippen LogP contribution in [0.15, 0.2) is 76.9 Å². The highest BCUT2D eigenvalue weighted by Crippen LogP contribution is 2.38. The normalized spacial score (nSPS) is 10.8. The number of nitrogens with zero attached hydrogens (tertiary/aromatic N) is 4. The van der Waals surface area contributed by atoms with Gasteiger partial charge in [0.1, 0.15) is 6.33 Å². The van der Waals surface area contributed by atoms with E-state index < -0.39 is 4.92 Å². The summed E-state index contributed by atoms with van der Waals surface area (Å²) in [7, 11) is 0. The number of fused-ring (bicyclic) bond motifs is 1. The molecule has 0 saturated carbocycles. The number of rotatable bonds is 5. The molecule has 0 aliphatic heterocycles. The van der Waals surface area contributed by atoms with Crippen LogP contribution in [0.1, 0.15) is 5.69 Å². The minimum atomic E-state index is -0.457. The van der Waals surface area contributed by atoms with Crippen molar-refractivity contribution in [3.8, 4) is 0 Å². The molecule has 1 N–H and O–H groups in total. The van der Waals surface area contributed by atoms with Gasteiger partial charge >= 0.3 is 5.69 Å². The number of hydrogen-bond acceptors (Lipinski definition) is 7. The number of nitro groups is 1. The number of anilines is 2. The highest BCUT2D eigenvalue weighted by molar-refractivity contribution is 7.99. The Morgan fingerprint density at radius 3 is 2.61 bits per heavy atom. The topological polar surface area (TPSA) is 93.8 Å². The fraction of sp³-hybridized carbons (Fsp3) is 0.0500. The van der Waals surface area contributed by atoms with Gasteiger partial charge in [-0.15, -0.1) is 0 Å². The third kappa shape index (κ3) is 3.63. The summed E-state index contributed by atoms with van der Waals surface area (Å²) < 4.78 is 0. The first-order chi connectivity index (χ1) is 13.6. The van der Waals surface area contributed by atoms with Gasteiger partial charge in [0, 0.05) is 21.7 Å². The predicted molar refractivity (Wildman–Crippen MR) is 109 cm³/mol. The van der Waals surface area contributed by atoms with Crippen LogP contribution in [0.25, 0.3) is 10.9 Å². The molecule has 138 valence electrons. The van der Waals surface area contributed by atoms with Crippen LogP contribution in [0.5, 0.6) is 0 Å². The Labute approximate surface area is 165 Å². The van der Waals surface area contributed by atoms with Gasteiger partial charge in [0.2, 0.25) is 5.82 Å². The summed E-state index contributed by atoms with van der Waals surface area (Å²) in [6.07, 6.45) is 1.33. The van der Waals surface area contributed by atoms with Crippen LogP contribution >= 0.6 is 11.8 Å². The maximum absolute atomic E-state index is 11.8. The quantitative estimate of drug-likeness (QED) is 0.287. The van der Waals surface area contributed by atoms with Crippen molar-refractivity contribution in [1.82, 2.24) is 15.0 Å². The molecule has 2 heterocycles. The third-order valence-corrected chi connectivity index (χ3v) is 5.05. The second-order valence-corrected chi connectivity index (χ2v) is 7.06. The first-order valence-electron chi connectivity index (χ1n) is 8.47. The number of nitrogens with one attached hydrogen (secondary N) is 1. The lowest BCUT2D eigenvalue weighted by Gasteiger charge is -2.11. The van der Waals surface area contributed by atoms with Crippen molar-refractivity contribution in [3.05, 3.63) is 82.8 Å². The lowest BCUT2D eigenvalue weighted by Crippen LogP contribution is -2.03. The Bertz CT molecular complexity index is 1170. The van der Waals surface area contributed by atoms with Gasteiger partial charge in [0.15, 0.2) is 5.03 Å². The zero-order chi connectivity index (χ0) is 19.5. The molecule has 4 rings (SSSR count). The first kappa shape index (κ1) is 17.9. The minimum Gasteiger partial charge on any atom is -0.334 e. The molecule has 0 aliphatic rings. The Balaban J connectivity index is 1.76. The van der Waals surface area contributed by atoms with Crippen LogP contribution in [0.2, 0.25) is 0 Å². The summed E-state index contributed by atoms with van der Waals surface area (Å²) in [4.78, 5) is 24.9. The lowest BCUT2D eigenvalue weighted by molar-refractivity contribution is -0.387. The van der Waals surface area contributed by atoms with Gasteiger partial charge in [-0.05, 0) is 43.3 Å². The molecule has 28 heavy (non-hydrogen) atoms. The van der Waals surface area contributed by atoms with Crippen LogP contribution in [0.4, 0.5) is 17.2 Å². The minimum absolute atomic E-state index is 0.145. The van der Waals surface area contributed by atoms with E-state index in [1.54, 1.807) is 0 Å². The molecule has 0 spiro atoms. The zero-order valence-corrected chi connectivity index (χ0v) is 15.7. The van der Waals surface area contributed by atoms with E-state index in [0.717, 1.165) is 21.5 Å². The Hall–Kier alpha value is -3.52. The standard InChI is InChI=1S/C20H15N5O2S/c1-13-10-11-15-16(23-13)8-5-9-17(15)24-19-18(25(26)27)20(22-12-21-19)28-14-6-3-2-4-7-14/h2-12H,1H3,(H,21,22,24). The molecular formula is C20H15N5O2S. The van der Waals surface area contributed by atoms with Crippen molar-refractivity contribution >= 4 is 39.9 Å². The summed E-state index contributed by atoms with van der Waals surface area (Å²) in [5.41, 5.74) is 2.25. The summed E-state index contributed by atoms with van der Waals surface area (Å²) in [6.45, 7) is 1.92. The first-order valence-corrected chi connectivity index (χ1v) is 9.29.